The summed E-state index contributed by atoms with van der Waals surface area (Å²) in [5.74, 6) is -0.0833. The van der Waals surface area contributed by atoms with E-state index in [1.54, 1.807) is 11.8 Å². The second-order valence-electron chi connectivity index (χ2n) is 5.63. The highest BCUT2D eigenvalue weighted by Crippen LogP contribution is 2.45. The van der Waals surface area contributed by atoms with Crippen LogP contribution in [0.4, 0.5) is 0 Å². The monoisotopic (exact) mass is 271 g/mol. The van der Waals surface area contributed by atoms with Crippen molar-refractivity contribution >= 4 is 24.5 Å². The molecule has 1 saturated carbocycles. The molecule has 0 radical (unpaired) electrons. The Balaban J connectivity index is 2.29. The van der Waals surface area contributed by atoms with Gasteiger partial charge >= 0.3 is 5.97 Å². The molecule has 1 aliphatic carbocycles. The number of hydrogen-bond donors (Lipinski definition) is 2. The highest BCUT2D eigenvalue weighted by Gasteiger charge is 2.55. The second kappa shape index (κ2) is 5.11. The lowest BCUT2D eigenvalue weighted by Gasteiger charge is -2.37. The summed E-state index contributed by atoms with van der Waals surface area (Å²) in [7, 11) is 0. The molecule has 2 rings (SSSR count). The van der Waals surface area contributed by atoms with Gasteiger partial charge in [-0.05, 0) is 37.9 Å². The predicted octanol–water partition coefficient (Wildman–Crippen LogP) is 1.94. The summed E-state index contributed by atoms with van der Waals surface area (Å²) in [6, 6.07) is 0.132. The van der Waals surface area contributed by atoms with E-state index in [-0.39, 0.29) is 11.9 Å². The number of fused-ring (bicyclic) bond motifs is 1. The lowest BCUT2D eigenvalue weighted by Crippen LogP contribution is -2.54. The van der Waals surface area contributed by atoms with Gasteiger partial charge in [-0.2, -0.15) is 12.6 Å². The van der Waals surface area contributed by atoms with E-state index in [0.717, 1.165) is 25.7 Å². The smallest absolute Gasteiger partial charge is 0.329 e. The molecule has 0 bridgehead atoms. The molecule has 1 amide bonds. The van der Waals surface area contributed by atoms with E-state index in [4.69, 9.17) is 0 Å². The maximum atomic E-state index is 12.2. The van der Waals surface area contributed by atoms with Crippen molar-refractivity contribution < 1.29 is 14.7 Å². The first-order valence-corrected chi connectivity index (χ1v) is 7.30. The summed E-state index contributed by atoms with van der Waals surface area (Å²) in [6.07, 6.45) is 5.19. The number of amides is 1. The number of rotatable bonds is 3. The predicted molar refractivity (Wildman–Crippen MR) is 71.7 cm³/mol. The summed E-state index contributed by atoms with van der Waals surface area (Å²) in [5, 5.41) is 9.49. The SMILES string of the molecule is CC1(C(=O)O)CC2CCCCC2N1C(=O)CCS. The van der Waals surface area contributed by atoms with Gasteiger partial charge in [0.2, 0.25) is 5.91 Å². The van der Waals surface area contributed by atoms with Crippen LogP contribution >= 0.6 is 12.6 Å². The summed E-state index contributed by atoms with van der Waals surface area (Å²) in [4.78, 5) is 25.5. The number of thiol groups is 1. The molecule has 3 unspecified atom stereocenters. The molecule has 102 valence electrons. The Morgan fingerprint density at radius 1 is 1.39 bits per heavy atom. The largest absolute Gasteiger partial charge is 0.480 e. The maximum Gasteiger partial charge on any atom is 0.329 e. The van der Waals surface area contributed by atoms with Gasteiger partial charge in [0.05, 0.1) is 0 Å². The fraction of sp³-hybridized carbons (Fsp3) is 0.846. The van der Waals surface area contributed by atoms with Gasteiger partial charge in [0.15, 0.2) is 0 Å². The van der Waals surface area contributed by atoms with Gasteiger partial charge in [0, 0.05) is 12.5 Å². The van der Waals surface area contributed by atoms with Crippen LogP contribution in [0.5, 0.6) is 0 Å². The van der Waals surface area contributed by atoms with Gasteiger partial charge in [-0.25, -0.2) is 4.79 Å². The highest BCUT2D eigenvalue weighted by molar-refractivity contribution is 7.80. The first-order valence-electron chi connectivity index (χ1n) is 6.67. The molecule has 18 heavy (non-hydrogen) atoms. The van der Waals surface area contributed by atoms with Gasteiger partial charge in [-0.15, -0.1) is 0 Å². The number of carbonyl (C=O) groups excluding carboxylic acids is 1. The Bertz CT molecular complexity index is 360. The van der Waals surface area contributed by atoms with Crippen LogP contribution < -0.4 is 0 Å². The number of nitrogens with zero attached hydrogens (tertiary/aromatic N) is 1. The van der Waals surface area contributed by atoms with Crippen molar-refractivity contribution in [2.24, 2.45) is 5.92 Å². The topological polar surface area (TPSA) is 57.6 Å². The lowest BCUT2D eigenvalue weighted by atomic mass is 9.83. The third-order valence-electron chi connectivity index (χ3n) is 4.45. The average molecular weight is 271 g/mol. The maximum absolute atomic E-state index is 12.2. The Morgan fingerprint density at radius 3 is 2.67 bits per heavy atom. The van der Waals surface area contributed by atoms with Gasteiger partial charge < -0.3 is 10.0 Å². The van der Waals surface area contributed by atoms with Crippen LogP contribution in [0.1, 0.15) is 45.4 Å². The molecule has 0 spiro atoms. The molecule has 0 aromatic carbocycles. The molecule has 2 fully saturated rings. The third kappa shape index (κ3) is 2.13. The minimum absolute atomic E-state index is 0.0516. The van der Waals surface area contributed by atoms with Gasteiger partial charge in [-0.3, -0.25) is 4.79 Å². The molecule has 1 saturated heterocycles. The standard InChI is InChI=1S/C13H21NO3S/c1-13(12(16)17)8-9-4-2-3-5-10(9)14(13)11(15)6-7-18/h9-10,18H,2-8H2,1H3,(H,16,17). The van der Waals surface area contributed by atoms with E-state index in [2.05, 4.69) is 12.6 Å². The quantitative estimate of drug-likeness (QED) is 0.771. The Kier molecular flexibility index (Phi) is 3.90. The van der Waals surface area contributed by atoms with Crippen LogP contribution in [0, 0.1) is 5.92 Å². The minimum Gasteiger partial charge on any atom is -0.480 e. The van der Waals surface area contributed by atoms with Crippen molar-refractivity contribution in [1.82, 2.24) is 4.90 Å². The number of carboxylic acids is 1. The molecular formula is C13H21NO3S. The number of hydrogen-bond acceptors (Lipinski definition) is 3. The molecule has 1 aliphatic heterocycles. The molecule has 5 heteroatoms. The fourth-order valence-corrected chi connectivity index (χ4v) is 3.80. The van der Waals surface area contributed by atoms with Crippen molar-refractivity contribution in [3.8, 4) is 0 Å². The molecule has 1 N–H and O–H groups in total. The zero-order valence-corrected chi connectivity index (χ0v) is 11.7. The number of carboxylic acid groups (broad SMARTS) is 1. The molecule has 2 aliphatic rings. The molecule has 4 nitrogen and oxygen atoms in total. The Hall–Kier alpha value is -0.710. The average Bonchev–Trinajstić information content (AvgIpc) is 2.62. The molecule has 0 aromatic rings. The van der Waals surface area contributed by atoms with E-state index in [1.807, 2.05) is 0 Å². The van der Waals surface area contributed by atoms with E-state index in [1.165, 1.54) is 0 Å². The third-order valence-corrected chi connectivity index (χ3v) is 4.67. The number of likely N-dealkylation sites (tertiary alicyclic amines) is 1. The van der Waals surface area contributed by atoms with E-state index >= 15 is 0 Å². The number of carbonyl (C=O) groups is 2. The second-order valence-corrected chi connectivity index (χ2v) is 6.08. The van der Waals surface area contributed by atoms with E-state index in [0.29, 0.717) is 24.5 Å². The van der Waals surface area contributed by atoms with Gasteiger partial charge in [-0.1, -0.05) is 12.8 Å². The zero-order chi connectivity index (χ0) is 13.3. The van der Waals surface area contributed by atoms with Gasteiger partial charge in [0.1, 0.15) is 5.54 Å². The highest BCUT2D eigenvalue weighted by atomic mass is 32.1. The molecular weight excluding hydrogens is 250 g/mol. The van der Waals surface area contributed by atoms with Crippen molar-refractivity contribution in [3.63, 3.8) is 0 Å². The lowest BCUT2D eigenvalue weighted by molar-refractivity contribution is -0.157. The van der Waals surface area contributed by atoms with Crippen molar-refractivity contribution in [1.29, 1.82) is 0 Å². The molecule has 1 heterocycles. The minimum atomic E-state index is -1.01. The van der Waals surface area contributed by atoms with E-state index < -0.39 is 11.5 Å². The van der Waals surface area contributed by atoms with Crippen LogP contribution in [0.15, 0.2) is 0 Å². The number of aliphatic carboxylic acids is 1. The molecule has 0 aromatic heterocycles. The van der Waals surface area contributed by atoms with Crippen LogP contribution in [0.3, 0.4) is 0 Å². The van der Waals surface area contributed by atoms with Crippen LogP contribution in [-0.2, 0) is 9.59 Å². The van der Waals surface area contributed by atoms with Crippen molar-refractivity contribution in [3.05, 3.63) is 0 Å². The van der Waals surface area contributed by atoms with Crippen LogP contribution in [0.2, 0.25) is 0 Å². The van der Waals surface area contributed by atoms with Crippen LogP contribution in [-0.4, -0.2) is 39.2 Å². The van der Waals surface area contributed by atoms with E-state index in [9.17, 15) is 14.7 Å². The van der Waals surface area contributed by atoms with Crippen molar-refractivity contribution in [2.75, 3.05) is 5.75 Å². The first kappa shape index (κ1) is 13.7. The van der Waals surface area contributed by atoms with Gasteiger partial charge in [0.25, 0.3) is 0 Å². The summed E-state index contributed by atoms with van der Waals surface area (Å²) in [6.45, 7) is 1.70. The first-order chi connectivity index (χ1) is 8.50. The Labute approximate surface area is 113 Å². The zero-order valence-electron chi connectivity index (χ0n) is 10.8. The summed E-state index contributed by atoms with van der Waals surface area (Å²) < 4.78 is 0. The normalized spacial score (nSPS) is 35.3. The molecule has 3 atom stereocenters. The van der Waals surface area contributed by atoms with Crippen molar-refractivity contribution in [2.45, 2.75) is 57.0 Å². The van der Waals surface area contributed by atoms with Crippen LogP contribution in [0.25, 0.3) is 0 Å². The summed E-state index contributed by atoms with van der Waals surface area (Å²) >= 11 is 4.08. The summed E-state index contributed by atoms with van der Waals surface area (Å²) in [5.41, 5.74) is -1.01. The fourth-order valence-electron chi connectivity index (χ4n) is 3.61. The Morgan fingerprint density at radius 2 is 2.06 bits per heavy atom.